The highest BCUT2D eigenvalue weighted by molar-refractivity contribution is 6.05. The molecule has 0 aliphatic carbocycles. The molecule has 0 bridgehead atoms. The number of nitrogens with one attached hydrogen (secondary N) is 1. The van der Waals surface area contributed by atoms with Crippen molar-refractivity contribution in [2.75, 3.05) is 11.9 Å². The Hall–Kier alpha value is -4.50. The molecule has 1 unspecified atom stereocenters. The fourth-order valence-electron chi connectivity index (χ4n) is 4.11. The smallest absolute Gasteiger partial charge is 0.323 e. The number of aliphatic hydroxyl groups is 1. The van der Waals surface area contributed by atoms with Crippen LogP contribution in [0.4, 0.5) is 10.1 Å². The number of furan rings is 1. The molecule has 5 rings (SSSR count). The molecule has 0 aliphatic heterocycles. The molecule has 204 valence electrons. The maximum absolute atomic E-state index is 14.4. The number of nitrogens with zero attached hydrogens (tertiary/aromatic N) is 2. The predicted octanol–water partition coefficient (Wildman–Crippen LogP) is 6.23. The Bertz CT molecular complexity index is 1630. The van der Waals surface area contributed by atoms with E-state index in [0.717, 1.165) is 20.9 Å². The van der Waals surface area contributed by atoms with Crippen molar-refractivity contribution in [3.63, 3.8) is 0 Å². The largest absolute Gasteiger partial charge is 0.480 e. The minimum atomic E-state index is -1.28. The van der Waals surface area contributed by atoms with Crippen molar-refractivity contribution >= 4 is 33.6 Å². The lowest BCUT2D eigenvalue weighted by Crippen LogP contribution is -2.30. The number of aliphatic hydroxyl groups excluding tert-OH is 1. The number of carbonyl (C=O) groups is 1. The molecule has 1 atom stereocenters. The van der Waals surface area contributed by atoms with Crippen LogP contribution in [-0.4, -0.2) is 32.3 Å². The van der Waals surface area contributed by atoms with Gasteiger partial charge in [0.25, 0.3) is 5.56 Å². The minimum Gasteiger partial charge on any atom is -0.480 e. The molecule has 3 N–H and O–H groups in total. The Balaban J connectivity index is 0.00000100. The number of carboxylic acid groups (broad SMARTS) is 1. The quantitative estimate of drug-likeness (QED) is 0.227. The van der Waals surface area contributed by atoms with E-state index in [9.17, 15) is 24.2 Å². The first kappa shape index (κ1) is 29.1. The average Bonchev–Trinajstić information content (AvgIpc) is 3.34. The second-order valence-electron chi connectivity index (χ2n) is 7.99. The van der Waals surface area contributed by atoms with E-state index in [0.29, 0.717) is 11.1 Å². The molecule has 0 amide bonds. The van der Waals surface area contributed by atoms with Gasteiger partial charge in [-0.1, -0.05) is 64.1 Å². The van der Waals surface area contributed by atoms with Gasteiger partial charge < -0.3 is 19.9 Å². The number of hydrogen-bond donors (Lipinski definition) is 3. The van der Waals surface area contributed by atoms with Crippen molar-refractivity contribution in [1.29, 1.82) is 0 Å². The zero-order chi connectivity index (χ0) is 28.5. The molecule has 0 aliphatic rings. The average molecular weight is 534 g/mol. The summed E-state index contributed by atoms with van der Waals surface area (Å²) in [6.45, 7) is 6.94. The van der Waals surface area contributed by atoms with Gasteiger partial charge in [0, 0.05) is 10.8 Å². The van der Waals surface area contributed by atoms with Crippen LogP contribution in [0, 0.1) is 5.82 Å². The van der Waals surface area contributed by atoms with Crippen molar-refractivity contribution in [3.05, 3.63) is 94.7 Å². The standard InChI is InChI=1S/C26H20FN3O5.2C2H6/c27-19-7-3-1-6-17(19)25-28-12-20(26(34)30(25)13-24(32)33)29-21(14-31)15-9-10-23-18(11-15)16-5-2-4-8-22(16)35-23;2*1-2/h1-12,21,29,31H,13-14H2,(H,32,33);2*1-2H3. The highest BCUT2D eigenvalue weighted by atomic mass is 19.1. The number of carboxylic acids is 1. The fraction of sp³-hybridized carbons (Fsp3) is 0.233. The monoisotopic (exact) mass is 533 g/mol. The van der Waals surface area contributed by atoms with Gasteiger partial charge in [0.1, 0.15) is 35.0 Å². The van der Waals surface area contributed by atoms with Crippen molar-refractivity contribution in [2.45, 2.75) is 40.3 Å². The van der Waals surface area contributed by atoms with Crippen LogP contribution >= 0.6 is 0 Å². The normalized spacial score (nSPS) is 11.2. The van der Waals surface area contributed by atoms with Gasteiger partial charge in [0.05, 0.1) is 24.4 Å². The highest BCUT2D eigenvalue weighted by Crippen LogP contribution is 2.31. The van der Waals surface area contributed by atoms with Crippen LogP contribution in [-0.2, 0) is 11.3 Å². The van der Waals surface area contributed by atoms with Gasteiger partial charge in [-0.2, -0.15) is 0 Å². The van der Waals surface area contributed by atoms with Crippen molar-refractivity contribution in [1.82, 2.24) is 9.55 Å². The third kappa shape index (κ3) is 6.15. The lowest BCUT2D eigenvalue weighted by molar-refractivity contribution is -0.137. The second kappa shape index (κ2) is 13.3. The van der Waals surface area contributed by atoms with Crippen LogP contribution < -0.4 is 10.9 Å². The van der Waals surface area contributed by atoms with E-state index in [-0.39, 0.29) is 23.7 Å². The predicted molar refractivity (Wildman–Crippen MR) is 151 cm³/mol. The number of hydrogen-bond acceptors (Lipinski definition) is 6. The van der Waals surface area contributed by atoms with Crippen LogP contribution in [0.2, 0.25) is 0 Å². The molecule has 3 aromatic carbocycles. The Morgan fingerprint density at radius 2 is 1.67 bits per heavy atom. The highest BCUT2D eigenvalue weighted by Gasteiger charge is 2.20. The van der Waals surface area contributed by atoms with E-state index < -0.39 is 29.9 Å². The van der Waals surface area contributed by atoms with Gasteiger partial charge in [-0.25, -0.2) is 9.37 Å². The number of para-hydroxylation sites is 1. The summed E-state index contributed by atoms with van der Waals surface area (Å²) in [6, 6.07) is 18.0. The molecule has 0 fully saturated rings. The number of anilines is 1. The van der Waals surface area contributed by atoms with Crippen molar-refractivity contribution in [3.8, 4) is 11.4 Å². The molecule has 8 nitrogen and oxygen atoms in total. The molecular weight excluding hydrogens is 501 g/mol. The maximum atomic E-state index is 14.4. The zero-order valence-electron chi connectivity index (χ0n) is 22.3. The molecule has 5 aromatic rings. The lowest BCUT2D eigenvalue weighted by atomic mass is 10.0. The van der Waals surface area contributed by atoms with Crippen LogP contribution in [0.15, 0.2) is 82.1 Å². The number of aromatic nitrogens is 2. The van der Waals surface area contributed by atoms with Crippen molar-refractivity contribution < 1.29 is 23.8 Å². The Labute approximate surface area is 225 Å². The summed E-state index contributed by atoms with van der Waals surface area (Å²) in [4.78, 5) is 28.9. The van der Waals surface area contributed by atoms with E-state index >= 15 is 0 Å². The van der Waals surface area contributed by atoms with Gasteiger partial charge in [0.15, 0.2) is 0 Å². The zero-order valence-corrected chi connectivity index (χ0v) is 22.3. The molecule has 0 spiro atoms. The van der Waals surface area contributed by atoms with Gasteiger partial charge in [-0.05, 0) is 35.9 Å². The SMILES string of the molecule is CC.CC.O=C(O)Cn1c(-c2ccccc2F)ncc(NC(CO)c2ccc3oc4ccccc4c3c2)c1=O. The molecule has 2 heterocycles. The first-order chi connectivity index (χ1) is 19.0. The molecule has 0 saturated heterocycles. The van der Waals surface area contributed by atoms with E-state index in [1.54, 1.807) is 18.2 Å². The summed E-state index contributed by atoms with van der Waals surface area (Å²) in [6.07, 6.45) is 1.22. The van der Waals surface area contributed by atoms with Crippen LogP contribution in [0.1, 0.15) is 39.3 Å². The summed E-state index contributed by atoms with van der Waals surface area (Å²) in [5, 5.41) is 24.2. The van der Waals surface area contributed by atoms with Gasteiger partial charge in [0.2, 0.25) is 0 Å². The van der Waals surface area contributed by atoms with E-state index in [1.165, 1.54) is 24.4 Å². The van der Waals surface area contributed by atoms with Gasteiger partial charge in [-0.3, -0.25) is 14.2 Å². The van der Waals surface area contributed by atoms with E-state index in [4.69, 9.17) is 4.42 Å². The van der Waals surface area contributed by atoms with E-state index in [1.807, 2.05) is 58.0 Å². The van der Waals surface area contributed by atoms with Crippen LogP contribution in [0.3, 0.4) is 0 Å². The summed E-state index contributed by atoms with van der Waals surface area (Å²) >= 11 is 0. The molecule has 9 heteroatoms. The number of aliphatic carboxylic acids is 1. The first-order valence-electron chi connectivity index (χ1n) is 12.8. The lowest BCUT2D eigenvalue weighted by Gasteiger charge is -2.19. The molecule has 0 radical (unpaired) electrons. The third-order valence-electron chi connectivity index (χ3n) is 5.77. The first-order valence-corrected chi connectivity index (χ1v) is 12.8. The Morgan fingerprint density at radius 1 is 1.00 bits per heavy atom. The van der Waals surface area contributed by atoms with E-state index in [2.05, 4.69) is 10.3 Å². The summed E-state index contributed by atoms with van der Waals surface area (Å²) in [7, 11) is 0. The van der Waals surface area contributed by atoms with Crippen LogP contribution in [0.25, 0.3) is 33.3 Å². The minimum absolute atomic E-state index is 0.00777. The van der Waals surface area contributed by atoms with Crippen LogP contribution in [0.5, 0.6) is 0 Å². The number of benzene rings is 3. The Morgan fingerprint density at radius 3 is 2.36 bits per heavy atom. The molecule has 0 saturated carbocycles. The number of rotatable bonds is 7. The van der Waals surface area contributed by atoms with Gasteiger partial charge >= 0.3 is 5.97 Å². The number of halogens is 1. The third-order valence-corrected chi connectivity index (χ3v) is 5.77. The molecule has 2 aromatic heterocycles. The van der Waals surface area contributed by atoms with Crippen molar-refractivity contribution in [2.24, 2.45) is 0 Å². The summed E-state index contributed by atoms with van der Waals surface area (Å²) < 4.78 is 21.1. The summed E-state index contributed by atoms with van der Waals surface area (Å²) in [5.41, 5.74) is 1.39. The maximum Gasteiger partial charge on any atom is 0.323 e. The number of fused-ring (bicyclic) bond motifs is 3. The molecular formula is C30H32FN3O5. The topological polar surface area (TPSA) is 118 Å². The fourth-order valence-corrected chi connectivity index (χ4v) is 4.11. The molecule has 39 heavy (non-hydrogen) atoms. The Kier molecular flexibility index (Phi) is 9.94. The summed E-state index contributed by atoms with van der Waals surface area (Å²) in [5.74, 6) is -2.01. The van der Waals surface area contributed by atoms with Gasteiger partial charge in [-0.15, -0.1) is 0 Å². The second-order valence-corrected chi connectivity index (χ2v) is 7.99.